The molecule has 0 radical (unpaired) electrons. The number of rotatable bonds is 6. The summed E-state index contributed by atoms with van der Waals surface area (Å²) in [4.78, 5) is 19.6. The monoisotopic (exact) mass is 397 g/mol. The predicted molar refractivity (Wildman–Crippen MR) is 87.5 cm³/mol. The number of halogens is 4. The fraction of sp³-hybridized carbons (Fsp3) is 0.500. The Balaban J connectivity index is 0.000000412. The van der Waals surface area contributed by atoms with Crippen molar-refractivity contribution in [3.8, 4) is 5.75 Å². The van der Waals surface area contributed by atoms with E-state index in [1.807, 2.05) is 19.1 Å². The molecule has 10 heteroatoms. The number of alkyl halides is 3. The minimum absolute atomic E-state index is 0.0338. The van der Waals surface area contributed by atoms with Crippen LogP contribution in [0.5, 0.6) is 5.75 Å². The van der Waals surface area contributed by atoms with Gasteiger partial charge in [-0.3, -0.25) is 4.79 Å². The molecule has 1 aliphatic rings. The summed E-state index contributed by atoms with van der Waals surface area (Å²) in [6.07, 6.45) is -3.30. The van der Waals surface area contributed by atoms with E-state index in [0.717, 1.165) is 29.7 Å². The Morgan fingerprint density at radius 3 is 2.46 bits per heavy atom. The van der Waals surface area contributed by atoms with Gasteiger partial charge in [0.05, 0.1) is 13.0 Å². The molecule has 0 saturated heterocycles. The van der Waals surface area contributed by atoms with Crippen LogP contribution in [0.25, 0.3) is 0 Å². The first-order valence-electron chi connectivity index (χ1n) is 7.74. The van der Waals surface area contributed by atoms with Gasteiger partial charge in [-0.1, -0.05) is 18.5 Å². The molecule has 1 aromatic rings. The van der Waals surface area contributed by atoms with Gasteiger partial charge in [0.1, 0.15) is 5.75 Å². The molecule has 1 atom stereocenters. The van der Waals surface area contributed by atoms with E-state index in [1.54, 1.807) is 0 Å². The first-order valence-corrected chi connectivity index (χ1v) is 8.11. The van der Waals surface area contributed by atoms with Crippen molar-refractivity contribution in [2.45, 2.75) is 44.9 Å². The zero-order valence-corrected chi connectivity index (χ0v) is 14.7. The number of aliphatic carboxylic acids is 2. The van der Waals surface area contributed by atoms with E-state index in [1.165, 1.54) is 0 Å². The summed E-state index contributed by atoms with van der Waals surface area (Å²) in [7, 11) is 0. The van der Waals surface area contributed by atoms with E-state index >= 15 is 0 Å². The molecule has 146 valence electrons. The fourth-order valence-corrected chi connectivity index (χ4v) is 2.57. The number of nitrogens with one attached hydrogen (secondary N) is 1. The molecule has 1 aromatic carbocycles. The summed E-state index contributed by atoms with van der Waals surface area (Å²) < 4.78 is 37.4. The smallest absolute Gasteiger partial charge is 0.490 e. The van der Waals surface area contributed by atoms with E-state index in [2.05, 4.69) is 5.32 Å². The minimum atomic E-state index is -5.08. The zero-order valence-electron chi connectivity index (χ0n) is 13.9. The van der Waals surface area contributed by atoms with Crippen LogP contribution in [0.2, 0.25) is 5.02 Å². The third kappa shape index (κ3) is 7.09. The number of carboxylic acid groups (broad SMARTS) is 2. The fourth-order valence-electron chi connectivity index (χ4n) is 2.30. The molecule has 3 N–H and O–H groups in total. The maximum Gasteiger partial charge on any atom is 0.490 e. The van der Waals surface area contributed by atoms with Crippen molar-refractivity contribution >= 4 is 23.5 Å². The van der Waals surface area contributed by atoms with E-state index in [0.29, 0.717) is 18.2 Å². The van der Waals surface area contributed by atoms with Crippen LogP contribution in [0.3, 0.4) is 0 Å². The molecule has 26 heavy (non-hydrogen) atoms. The summed E-state index contributed by atoms with van der Waals surface area (Å²) in [5.74, 6) is -2.64. The van der Waals surface area contributed by atoms with E-state index in [4.69, 9.17) is 31.3 Å². The lowest BCUT2D eigenvalue weighted by Crippen LogP contribution is -2.30. The van der Waals surface area contributed by atoms with Gasteiger partial charge in [0.15, 0.2) is 0 Å². The lowest BCUT2D eigenvalue weighted by molar-refractivity contribution is -0.192. The van der Waals surface area contributed by atoms with Crippen molar-refractivity contribution in [2.75, 3.05) is 6.61 Å². The molecule has 0 unspecified atom stereocenters. The van der Waals surface area contributed by atoms with Crippen molar-refractivity contribution in [1.82, 2.24) is 5.32 Å². The second-order valence-electron chi connectivity index (χ2n) is 5.54. The van der Waals surface area contributed by atoms with Gasteiger partial charge in [0, 0.05) is 29.6 Å². The van der Waals surface area contributed by atoms with Crippen LogP contribution in [0.15, 0.2) is 12.1 Å². The molecular formula is C16H19ClF3NO5. The number of carboxylic acids is 2. The summed E-state index contributed by atoms with van der Waals surface area (Å²) in [6, 6.07) is 3.78. The van der Waals surface area contributed by atoms with Gasteiger partial charge >= 0.3 is 18.1 Å². The molecule has 0 fully saturated rings. The average molecular weight is 398 g/mol. The van der Waals surface area contributed by atoms with E-state index < -0.39 is 18.1 Å². The predicted octanol–water partition coefficient (Wildman–Crippen LogP) is 3.25. The third-order valence-corrected chi connectivity index (χ3v) is 3.78. The molecule has 0 bridgehead atoms. The van der Waals surface area contributed by atoms with Gasteiger partial charge < -0.3 is 20.3 Å². The number of hydrogen-bond donors (Lipinski definition) is 3. The normalized spacial score (nSPS) is 13.9. The Morgan fingerprint density at radius 2 is 1.96 bits per heavy atom. The molecule has 1 aliphatic heterocycles. The van der Waals surface area contributed by atoms with Crippen LogP contribution >= 0.6 is 11.6 Å². The number of fused-ring (bicyclic) bond motifs is 1. The standard InChI is InChI=1S/C14H18ClNO3.C2HF3O2/c1-2-12(7-13(17)18)16-8-10-6-11(15)5-9-3-4-19-14(9)10;3-2(4,5)1(6)7/h5-6,12,16H,2-4,7-8H2,1H3,(H,17,18);(H,6,7)/t12-;/m1./s1. The van der Waals surface area contributed by atoms with Crippen molar-refractivity contribution in [1.29, 1.82) is 0 Å². The Kier molecular flexibility index (Phi) is 8.16. The lowest BCUT2D eigenvalue weighted by atomic mass is 10.1. The average Bonchev–Trinajstić information content (AvgIpc) is 2.98. The first kappa shape index (κ1) is 22.0. The number of carbonyl (C=O) groups is 2. The summed E-state index contributed by atoms with van der Waals surface area (Å²) in [5.41, 5.74) is 2.14. The van der Waals surface area contributed by atoms with Crippen LogP contribution in [-0.4, -0.2) is 41.0 Å². The number of hydrogen-bond acceptors (Lipinski definition) is 4. The topological polar surface area (TPSA) is 95.9 Å². The molecule has 0 aromatic heterocycles. The molecule has 6 nitrogen and oxygen atoms in total. The van der Waals surface area contributed by atoms with Crippen LogP contribution in [0.1, 0.15) is 30.9 Å². The summed E-state index contributed by atoms with van der Waals surface area (Å²) in [5, 5.41) is 19.9. The second kappa shape index (κ2) is 9.63. The first-order chi connectivity index (χ1) is 12.0. The van der Waals surface area contributed by atoms with Gasteiger partial charge in [-0.15, -0.1) is 0 Å². The largest absolute Gasteiger partial charge is 0.493 e. The second-order valence-corrected chi connectivity index (χ2v) is 5.97. The number of ether oxygens (including phenoxy) is 1. The zero-order chi connectivity index (χ0) is 19.9. The van der Waals surface area contributed by atoms with Crippen molar-refractivity contribution in [2.24, 2.45) is 0 Å². The Bertz CT molecular complexity index is 652. The quantitative estimate of drug-likeness (QED) is 0.682. The number of benzene rings is 1. The van der Waals surface area contributed by atoms with Crippen molar-refractivity contribution in [3.63, 3.8) is 0 Å². The van der Waals surface area contributed by atoms with Gasteiger partial charge in [-0.05, 0) is 24.1 Å². The lowest BCUT2D eigenvalue weighted by Gasteiger charge is -2.16. The van der Waals surface area contributed by atoms with Crippen LogP contribution in [-0.2, 0) is 22.6 Å². The van der Waals surface area contributed by atoms with Gasteiger partial charge in [0.25, 0.3) is 0 Å². The molecule has 0 amide bonds. The Labute approximate surface area is 152 Å². The maximum absolute atomic E-state index is 10.7. The highest BCUT2D eigenvalue weighted by Crippen LogP contribution is 2.32. The van der Waals surface area contributed by atoms with Gasteiger partial charge in [-0.25, -0.2) is 4.79 Å². The Morgan fingerprint density at radius 1 is 1.35 bits per heavy atom. The SMILES string of the molecule is CC[C@H](CC(=O)O)NCc1cc(Cl)cc2c1OCC2.O=C(O)C(F)(F)F. The van der Waals surface area contributed by atoms with Gasteiger partial charge in [0.2, 0.25) is 0 Å². The molecule has 0 aliphatic carbocycles. The van der Waals surface area contributed by atoms with Crippen LogP contribution < -0.4 is 10.1 Å². The van der Waals surface area contributed by atoms with Crippen molar-refractivity contribution < 1.29 is 37.7 Å². The molecule has 0 spiro atoms. The van der Waals surface area contributed by atoms with Crippen molar-refractivity contribution in [3.05, 3.63) is 28.3 Å². The maximum atomic E-state index is 10.7. The highest BCUT2D eigenvalue weighted by atomic mass is 35.5. The molecule has 0 saturated carbocycles. The summed E-state index contributed by atoms with van der Waals surface area (Å²) >= 11 is 6.08. The molecular weight excluding hydrogens is 379 g/mol. The minimum Gasteiger partial charge on any atom is -0.493 e. The highest BCUT2D eigenvalue weighted by molar-refractivity contribution is 6.30. The van der Waals surface area contributed by atoms with Gasteiger partial charge in [-0.2, -0.15) is 13.2 Å². The Hall–Kier alpha value is -2.00. The van der Waals surface area contributed by atoms with E-state index in [9.17, 15) is 18.0 Å². The third-order valence-electron chi connectivity index (χ3n) is 3.56. The van der Waals surface area contributed by atoms with Crippen LogP contribution in [0, 0.1) is 0 Å². The molecule has 1 heterocycles. The highest BCUT2D eigenvalue weighted by Gasteiger charge is 2.38. The molecule has 2 rings (SSSR count). The van der Waals surface area contributed by atoms with Crippen LogP contribution in [0.4, 0.5) is 13.2 Å². The van der Waals surface area contributed by atoms with E-state index in [-0.39, 0.29) is 12.5 Å². The summed E-state index contributed by atoms with van der Waals surface area (Å²) in [6.45, 7) is 3.24.